The molecule has 0 saturated heterocycles. The first-order valence-corrected chi connectivity index (χ1v) is 17.9. The lowest BCUT2D eigenvalue weighted by Crippen LogP contribution is -2.14. The molecule has 0 unspecified atom stereocenters. The van der Waals surface area contributed by atoms with Crippen LogP contribution in [0.25, 0.3) is 10.8 Å². The van der Waals surface area contributed by atoms with E-state index < -0.39 is 0 Å². The van der Waals surface area contributed by atoms with E-state index in [0.29, 0.717) is 11.1 Å². The van der Waals surface area contributed by atoms with Gasteiger partial charge in [0, 0.05) is 22.5 Å². The van der Waals surface area contributed by atoms with E-state index in [2.05, 4.69) is 123 Å². The van der Waals surface area contributed by atoms with Crippen LogP contribution in [-0.2, 0) is 6.42 Å². The van der Waals surface area contributed by atoms with Crippen LogP contribution in [-0.4, -0.2) is 11.8 Å². The van der Waals surface area contributed by atoms with Crippen LogP contribution < -0.4 is 10.6 Å². The highest BCUT2D eigenvalue weighted by Crippen LogP contribution is 2.18. The molecule has 266 valence electrons. The second-order valence-corrected chi connectivity index (χ2v) is 13.7. The molecule has 0 saturated carbocycles. The van der Waals surface area contributed by atoms with Crippen molar-refractivity contribution in [3.05, 3.63) is 213 Å². The molecule has 0 aliphatic carbocycles. The van der Waals surface area contributed by atoms with Gasteiger partial charge in [0.2, 0.25) is 0 Å². The molecular formula is C49H48N2O2. The molecule has 0 spiro atoms. The Morgan fingerprint density at radius 3 is 1.23 bits per heavy atom. The summed E-state index contributed by atoms with van der Waals surface area (Å²) in [6, 6.07) is 52.4. The Kier molecular flexibility index (Phi) is 13.1. The van der Waals surface area contributed by atoms with E-state index >= 15 is 0 Å². The number of fused-ring (bicyclic) bond motifs is 1. The minimum absolute atomic E-state index is 0.207. The highest BCUT2D eigenvalue weighted by molar-refractivity contribution is 6.07. The summed E-state index contributed by atoms with van der Waals surface area (Å²) in [7, 11) is 0. The van der Waals surface area contributed by atoms with E-state index in [9.17, 15) is 9.59 Å². The summed E-state index contributed by atoms with van der Waals surface area (Å²) < 4.78 is 0. The van der Waals surface area contributed by atoms with Crippen LogP contribution in [0.2, 0.25) is 0 Å². The molecule has 0 aliphatic heterocycles. The molecule has 0 radical (unpaired) electrons. The summed E-state index contributed by atoms with van der Waals surface area (Å²) in [5.74, 6) is -0.416. The third-order valence-electron chi connectivity index (χ3n) is 8.80. The van der Waals surface area contributed by atoms with Crippen LogP contribution in [0.1, 0.15) is 65.2 Å². The minimum atomic E-state index is -0.209. The van der Waals surface area contributed by atoms with E-state index in [1.54, 1.807) is 24.3 Å². The molecule has 4 heteroatoms. The van der Waals surface area contributed by atoms with E-state index in [0.717, 1.165) is 28.9 Å². The van der Waals surface area contributed by atoms with Crippen molar-refractivity contribution in [1.29, 1.82) is 0 Å². The number of nitrogens with one attached hydrogen (secondary N) is 2. The van der Waals surface area contributed by atoms with Gasteiger partial charge in [0.1, 0.15) is 0 Å². The molecule has 0 atom stereocenters. The van der Waals surface area contributed by atoms with Crippen LogP contribution in [0.4, 0.5) is 11.4 Å². The molecule has 0 aromatic heterocycles. The first-order valence-electron chi connectivity index (χ1n) is 17.9. The van der Waals surface area contributed by atoms with E-state index in [4.69, 9.17) is 0 Å². The monoisotopic (exact) mass is 696 g/mol. The molecule has 0 fully saturated rings. The molecule has 0 aliphatic rings. The summed E-state index contributed by atoms with van der Waals surface area (Å²) in [4.78, 5) is 24.6. The minimum Gasteiger partial charge on any atom is -0.322 e. The number of carbonyl (C=O) groups is 2. The van der Waals surface area contributed by atoms with Crippen molar-refractivity contribution in [3.63, 3.8) is 0 Å². The Morgan fingerprint density at radius 1 is 0.377 bits per heavy atom. The van der Waals surface area contributed by atoms with E-state index in [-0.39, 0.29) is 11.8 Å². The first-order chi connectivity index (χ1) is 25.5. The van der Waals surface area contributed by atoms with Crippen LogP contribution in [0.5, 0.6) is 0 Å². The maximum Gasteiger partial charge on any atom is 0.255 e. The number of aryl methyl sites for hydroxylation is 6. The lowest BCUT2D eigenvalue weighted by atomic mass is 10.0. The van der Waals surface area contributed by atoms with Gasteiger partial charge >= 0.3 is 0 Å². The van der Waals surface area contributed by atoms with Crippen molar-refractivity contribution >= 4 is 34.0 Å². The molecule has 2 amide bonds. The third kappa shape index (κ3) is 11.9. The quantitative estimate of drug-likeness (QED) is 0.182. The summed E-state index contributed by atoms with van der Waals surface area (Å²) in [5.41, 5.74) is 12.7. The largest absolute Gasteiger partial charge is 0.322 e. The van der Waals surface area contributed by atoms with Crippen molar-refractivity contribution < 1.29 is 9.59 Å². The average Bonchev–Trinajstić information content (AvgIpc) is 3.15. The molecule has 53 heavy (non-hydrogen) atoms. The van der Waals surface area contributed by atoms with Gasteiger partial charge in [-0.25, -0.2) is 0 Å². The smallest absolute Gasteiger partial charge is 0.255 e. The van der Waals surface area contributed by atoms with Gasteiger partial charge in [-0.05, 0) is 124 Å². The maximum atomic E-state index is 12.3. The zero-order valence-corrected chi connectivity index (χ0v) is 31.5. The number of hydrogen-bond acceptors (Lipinski definition) is 2. The molecule has 7 aromatic carbocycles. The standard InChI is InChI=1S/C22H20N2O2.C15H16.C12H12/c1-15-6-12-19(13-7-15)23-21(25)17-8-10-18(11-9-17)22(26)24-20-5-3-4-16(2)14-20;1-12-3-7-14(8-4-12)11-15-9-5-13(2)6-10-15;1-9-3-5-11-6-4-10(2)8-12(11)7-9/h3-14H,1-2H3,(H,23,25)(H,24,26);3-10H,11H2,1-2H3;3-8H,1-2H3. The summed E-state index contributed by atoms with van der Waals surface area (Å²) in [5, 5.41) is 8.36. The Labute approximate surface area is 314 Å². The zero-order chi connectivity index (χ0) is 37.7. The fourth-order valence-corrected chi connectivity index (χ4v) is 5.67. The molecule has 7 rings (SSSR count). The molecular weight excluding hydrogens is 649 g/mol. The van der Waals surface area contributed by atoms with Gasteiger partial charge in [-0.3, -0.25) is 9.59 Å². The van der Waals surface area contributed by atoms with Gasteiger partial charge in [0.05, 0.1) is 0 Å². The average molecular weight is 697 g/mol. The number of carbonyl (C=O) groups excluding carboxylic acids is 2. The summed E-state index contributed by atoms with van der Waals surface area (Å²) in [6.07, 6.45) is 1.03. The lowest BCUT2D eigenvalue weighted by molar-refractivity contribution is 0.101. The second kappa shape index (κ2) is 18.3. The topological polar surface area (TPSA) is 58.2 Å². The predicted octanol–water partition coefficient (Wildman–Crippen LogP) is 12.2. The Morgan fingerprint density at radius 2 is 0.774 bits per heavy atom. The van der Waals surface area contributed by atoms with Gasteiger partial charge in [0.25, 0.3) is 11.8 Å². The SMILES string of the molecule is Cc1ccc(Cc2ccc(C)cc2)cc1.Cc1ccc(NC(=O)c2ccc(C(=O)Nc3cccc(C)c3)cc2)cc1.Cc1ccc2ccc(C)cc2c1. The molecule has 0 bridgehead atoms. The number of amides is 2. The Bertz CT molecular complexity index is 2190. The molecule has 2 N–H and O–H groups in total. The highest BCUT2D eigenvalue weighted by Gasteiger charge is 2.10. The number of rotatable bonds is 6. The fourth-order valence-electron chi connectivity index (χ4n) is 5.67. The van der Waals surface area contributed by atoms with Crippen LogP contribution in [0.3, 0.4) is 0 Å². The third-order valence-corrected chi connectivity index (χ3v) is 8.80. The van der Waals surface area contributed by atoms with Crippen LogP contribution >= 0.6 is 0 Å². The van der Waals surface area contributed by atoms with Gasteiger partial charge in [-0.2, -0.15) is 0 Å². The van der Waals surface area contributed by atoms with Gasteiger partial charge < -0.3 is 10.6 Å². The molecule has 0 heterocycles. The molecule has 7 aromatic rings. The summed E-state index contributed by atoms with van der Waals surface area (Å²) in [6.45, 7) is 12.5. The van der Waals surface area contributed by atoms with Crippen molar-refractivity contribution in [2.24, 2.45) is 0 Å². The predicted molar refractivity (Wildman–Crippen MR) is 223 cm³/mol. The first kappa shape index (κ1) is 38.0. The number of hydrogen-bond donors (Lipinski definition) is 2. The summed E-state index contributed by atoms with van der Waals surface area (Å²) >= 11 is 0. The Hall–Kier alpha value is -6.26. The Balaban J connectivity index is 0.000000169. The van der Waals surface area contributed by atoms with Crippen molar-refractivity contribution in [2.45, 2.75) is 48.0 Å². The number of anilines is 2. The maximum absolute atomic E-state index is 12.3. The van der Waals surface area contributed by atoms with Crippen LogP contribution in [0, 0.1) is 41.5 Å². The second-order valence-electron chi connectivity index (χ2n) is 13.7. The highest BCUT2D eigenvalue weighted by atomic mass is 16.2. The normalized spacial score (nSPS) is 10.3. The lowest BCUT2D eigenvalue weighted by Gasteiger charge is -2.08. The van der Waals surface area contributed by atoms with Gasteiger partial charge in [-0.15, -0.1) is 0 Å². The van der Waals surface area contributed by atoms with Crippen molar-refractivity contribution in [3.8, 4) is 0 Å². The van der Waals surface area contributed by atoms with Gasteiger partial charge in [-0.1, -0.05) is 137 Å². The van der Waals surface area contributed by atoms with Crippen molar-refractivity contribution in [2.75, 3.05) is 10.6 Å². The molecule has 4 nitrogen and oxygen atoms in total. The zero-order valence-electron chi connectivity index (χ0n) is 31.5. The fraction of sp³-hybridized carbons (Fsp3) is 0.143. The van der Waals surface area contributed by atoms with Crippen molar-refractivity contribution in [1.82, 2.24) is 0 Å². The van der Waals surface area contributed by atoms with Crippen LogP contribution in [0.15, 0.2) is 158 Å². The van der Waals surface area contributed by atoms with E-state index in [1.165, 1.54) is 44.2 Å². The van der Waals surface area contributed by atoms with Gasteiger partial charge in [0.15, 0.2) is 0 Å². The number of benzene rings is 7. The van der Waals surface area contributed by atoms with E-state index in [1.807, 2.05) is 62.4 Å².